The van der Waals surface area contributed by atoms with Crippen LogP contribution in [0.25, 0.3) is 0 Å². The number of benzene rings is 1. The van der Waals surface area contributed by atoms with E-state index in [1.807, 2.05) is 0 Å². The number of esters is 1. The molecule has 7 nitrogen and oxygen atoms in total. The molecule has 1 N–H and O–H groups in total. The van der Waals surface area contributed by atoms with Gasteiger partial charge in [0.15, 0.2) is 0 Å². The van der Waals surface area contributed by atoms with E-state index in [0.717, 1.165) is 7.11 Å². The molecule has 0 fully saturated rings. The first kappa shape index (κ1) is 17.1. The maximum atomic E-state index is 12.3. The van der Waals surface area contributed by atoms with Crippen molar-refractivity contribution in [2.75, 3.05) is 21.2 Å². The minimum absolute atomic E-state index is 0.0861. The molecule has 1 aromatic carbocycles. The van der Waals surface area contributed by atoms with E-state index in [9.17, 15) is 18.0 Å². The highest BCUT2D eigenvalue weighted by Gasteiger charge is 2.27. The number of likely N-dealkylation sites (N-methyl/N-ethyl adjacent to an activating group) is 1. The minimum atomic E-state index is -4.02. The first-order chi connectivity index (χ1) is 9.70. The fourth-order valence-electron chi connectivity index (χ4n) is 1.71. The fraction of sp³-hybridized carbons (Fsp3) is 0.385. The molecule has 1 atom stereocenters. The summed E-state index contributed by atoms with van der Waals surface area (Å²) in [6, 6.07) is 4.69. The Morgan fingerprint density at radius 1 is 1.24 bits per heavy atom. The Balaban J connectivity index is 3.15. The van der Waals surface area contributed by atoms with Crippen LogP contribution in [-0.4, -0.2) is 52.4 Å². The fourth-order valence-corrected chi connectivity index (χ4v) is 3.11. The number of sulfonamides is 1. The Labute approximate surface area is 123 Å². The summed E-state index contributed by atoms with van der Waals surface area (Å²) in [6.07, 6.45) is 0. The van der Waals surface area contributed by atoms with Crippen molar-refractivity contribution in [1.29, 1.82) is 0 Å². The highest BCUT2D eigenvalue weighted by atomic mass is 32.2. The first-order valence-corrected chi connectivity index (χ1v) is 7.60. The Bertz CT molecular complexity index is 640. The number of carbonyl (C=O) groups excluding carboxylic acids is 2. The van der Waals surface area contributed by atoms with E-state index in [-0.39, 0.29) is 10.5 Å². The number of nitrogens with one attached hydrogen (secondary N) is 1. The van der Waals surface area contributed by atoms with Gasteiger partial charge in [-0.25, -0.2) is 13.2 Å². The molecule has 1 amide bonds. The van der Waals surface area contributed by atoms with E-state index in [1.165, 1.54) is 50.2 Å². The van der Waals surface area contributed by atoms with Gasteiger partial charge in [0.25, 0.3) is 0 Å². The van der Waals surface area contributed by atoms with E-state index in [1.54, 1.807) is 0 Å². The van der Waals surface area contributed by atoms with E-state index < -0.39 is 27.9 Å². The van der Waals surface area contributed by atoms with Gasteiger partial charge in [-0.05, 0) is 19.1 Å². The van der Waals surface area contributed by atoms with Gasteiger partial charge in [0.2, 0.25) is 15.9 Å². The average molecular weight is 314 g/mol. The van der Waals surface area contributed by atoms with Gasteiger partial charge in [-0.1, -0.05) is 12.1 Å². The lowest BCUT2D eigenvalue weighted by molar-refractivity contribution is -0.130. The van der Waals surface area contributed by atoms with Crippen LogP contribution in [0.2, 0.25) is 0 Å². The van der Waals surface area contributed by atoms with Crippen LogP contribution >= 0.6 is 0 Å². The van der Waals surface area contributed by atoms with Crippen molar-refractivity contribution in [2.24, 2.45) is 0 Å². The maximum Gasteiger partial charge on any atom is 0.339 e. The van der Waals surface area contributed by atoms with Gasteiger partial charge < -0.3 is 9.64 Å². The van der Waals surface area contributed by atoms with Crippen LogP contribution in [0.15, 0.2) is 29.2 Å². The number of carbonyl (C=O) groups is 2. The normalized spacial score (nSPS) is 12.6. The van der Waals surface area contributed by atoms with Crippen LogP contribution in [-0.2, 0) is 19.6 Å². The SMILES string of the molecule is COC(=O)c1ccccc1S(=O)(=O)NC(C)C(=O)N(C)C. The second-order valence-electron chi connectivity index (χ2n) is 4.56. The molecule has 0 aliphatic carbocycles. The van der Waals surface area contributed by atoms with Crippen molar-refractivity contribution in [3.63, 3.8) is 0 Å². The predicted octanol–water partition coefficient (Wildman–Crippen LogP) is 0.228. The van der Waals surface area contributed by atoms with Crippen LogP contribution in [0.1, 0.15) is 17.3 Å². The van der Waals surface area contributed by atoms with E-state index in [0.29, 0.717) is 0 Å². The van der Waals surface area contributed by atoms with Crippen LogP contribution in [0.3, 0.4) is 0 Å². The van der Waals surface area contributed by atoms with Crippen LogP contribution in [0, 0.1) is 0 Å². The first-order valence-electron chi connectivity index (χ1n) is 6.11. The molecule has 0 saturated heterocycles. The lowest BCUT2D eigenvalue weighted by atomic mass is 10.2. The smallest absolute Gasteiger partial charge is 0.339 e. The standard InChI is InChI=1S/C13H18N2O5S/c1-9(12(16)15(2)3)14-21(18,19)11-8-6-5-7-10(11)13(17)20-4/h5-9,14H,1-4H3. The summed E-state index contributed by atoms with van der Waals surface area (Å²) in [6.45, 7) is 1.43. The Morgan fingerprint density at radius 3 is 2.33 bits per heavy atom. The predicted molar refractivity (Wildman–Crippen MR) is 76.3 cm³/mol. The number of methoxy groups -OCH3 is 1. The molecule has 21 heavy (non-hydrogen) atoms. The maximum absolute atomic E-state index is 12.3. The van der Waals surface area contributed by atoms with Gasteiger partial charge in [0.1, 0.15) is 0 Å². The number of hydrogen-bond acceptors (Lipinski definition) is 5. The van der Waals surface area contributed by atoms with Gasteiger partial charge in [0, 0.05) is 14.1 Å². The van der Waals surface area contributed by atoms with Gasteiger partial charge in [-0.2, -0.15) is 4.72 Å². The highest BCUT2D eigenvalue weighted by molar-refractivity contribution is 7.89. The van der Waals surface area contributed by atoms with Crippen molar-refractivity contribution < 1.29 is 22.7 Å². The molecule has 0 aliphatic rings. The van der Waals surface area contributed by atoms with Gasteiger partial charge in [-0.3, -0.25) is 4.79 Å². The summed E-state index contributed by atoms with van der Waals surface area (Å²) < 4.78 is 31.4. The van der Waals surface area contributed by atoms with Gasteiger partial charge in [-0.15, -0.1) is 0 Å². The molecule has 116 valence electrons. The third-order valence-electron chi connectivity index (χ3n) is 2.73. The van der Waals surface area contributed by atoms with Crippen molar-refractivity contribution >= 4 is 21.9 Å². The minimum Gasteiger partial charge on any atom is -0.465 e. The number of amides is 1. The second-order valence-corrected chi connectivity index (χ2v) is 6.25. The zero-order chi connectivity index (χ0) is 16.2. The average Bonchev–Trinajstić information content (AvgIpc) is 2.44. The number of hydrogen-bond donors (Lipinski definition) is 1. The molecule has 8 heteroatoms. The Kier molecular flexibility index (Phi) is 5.45. The summed E-state index contributed by atoms with van der Waals surface area (Å²) in [5.74, 6) is -1.16. The van der Waals surface area contributed by atoms with E-state index >= 15 is 0 Å². The Morgan fingerprint density at radius 2 is 1.81 bits per heavy atom. The van der Waals surface area contributed by atoms with Crippen LogP contribution in [0.5, 0.6) is 0 Å². The third kappa shape index (κ3) is 4.02. The van der Waals surface area contributed by atoms with E-state index in [4.69, 9.17) is 0 Å². The van der Waals surface area contributed by atoms with Crippen molar-refractivity contribution in [3.8, 4) is 0 Å². The molecule has 0 radical (unpaired) electrons. The zero-order valence-electron chi connectivity index (χ0n) is 12.3. The quantitative estimate of drug-likeness (QED) is 0.785. The van der Waals surface area contributed by atoms with E-state index in [2.05, 4.69) is 9.46 Å². The highest BCUT2D eigenvalue weighted by Crippen LogP contribution is 2.16. The number of nitrogens with zero attached hydrogens (tertiary/aromatic N) is 1. The second kappa shape index (κ2) is 6.68. The van der Waals surface area contributed by atoms with Gasteiger partial charge >= 0.3 is 5.97 Å². The van der Waals surface area contributed by atoms with Crippen molar-refractivity contribution in [2.45, 2.75) is 17.9 Å². The third-order valence-corrected chi connectivity index (χ3v) is 4.32. The summed E-state index contributed by atoms with van der Waals surface area (Å²) >= 11 is 0. The molecule has 0 heterocycles. The molecule has 0 bridgehead atoms. The lowest BCUT2D eigenvalue weighted by Gasteiger charge is -2.18. The molecule has 0 aromatic heterocycles. The van der Waals surface area contributed by atoms with Crippen LogP contribution < -0.4 is 4.72 Å². The lowest BCUT2D eigenvalue weighted by Crippen LogP contribution is -2.44. The topological polar surface area (TPSA) is 92.8 Å². The molecule has 0 aliphatic heterocycles. The molecule has 1 unspecified atom stereocenters. The molecular weight excluding hydrogens is 296 g/mol. The van der Waals surface area contributed by atoms with Crippen molar-refractivity contribution in [3.05, 3.63) is 29.8 Å². The monoisotopic (exact) mass is 314 g/mol. The number of rotatable bonds is 5. The molecule has 0 spiro atoms. The molecule has 1 rings (SSSR count). The summed E-state index contributed by atoms with van der Waals surface area (Å²) in [7, 11) is 0.189. The zero-order valence-corrected chi connectivity index (χ0v) is 13.1. The van der Waals surface area contributed by atoms with Gasteiger partial charge in [0.05, 0.1) is 23.6 Å². The summed E-state index contributed by atoms with van der Waals surface area (Å²) in [5.41, 5.74) is -0.0861. The van der Waals surface area contributed by atoms with Crippen molar-refractivity contribution in [1.82, 2.24) is 9.62 Å². The Hall–Kier alpha value is -1.93. The molecule has 0 saturated carbocycles. The van der Waals surface area contributed by atoms with Crippen LogP contribution in [0.4, 0.5) is 0 Å². The summed E-state index contributed by atoms with van der Waals surface area (Å²) in [4.78, 5) is 24.4. The molecular formula is C13H18N2O5S. The number of ether oxygens (including phenoxy) is 1. The summed E-state index contributed by atoms with van der Waals surface area (Å²) in [5, 5.41) is 0. The largest absolute Gasteiger partial charge is 0.465 e. The molecule has 1 aromatic rings.